The van der Waals surface area contributed by atoms with Gasteiger partial charge in [0.1, 0.15) is 0 Å². The second-order valence-corrected chi connectivity index (χ2v) is 4.95. The van der Waals surface area contributed by atoms with E-state index >= 15 is 0 Å². The van der Waals surface area contributed by atoms with E-state index in [0.717, 1.165) is 11.2 Å². The van der Waals surface area contributed by atoms with Crippen LogP contribution in [-0.4, -0.2) is 18.2 Å². The van der Waals surface area contributed by atoms with Crippen LogP contribution in [0, 0.1) is 0 Å². The molecular formula is C16H21NO3. The predicted octanol–water partition coefficient (Wildman–Crippen LogP) is 3.45. The fourth-order valence-electron chi connectivity index (χ4n) is 2.13. The van der Waals surface area contributed by atoms with Gasteiger partial charge in [0.25, 0.3) is 0 Å². The van der Waals surface area contributed by atoms with Gasteiger partial charge in [0, 0.05) is 23.2 Å². The zero-order chi connectivity index (χ0) is 14.7. The molecule has 0 bridgehead atoms. The first kappa shape index (κ1) is 14.4. The van der Waals surface area contributed by atoms with E-state index in [1.165, 1.54) is 0 Å². The average Bonchev–Trinajstić information content (AvgIpc) is 2.40. The van der Waals surface area contributed by atoms with E-state index < -0.39 is 0 Å². The molecule has 0 unspecified atom stereocenters. The molecule has 1 N–H and O–H groups in total. The summed E-state index contributed by atoms with van der Waals surface area (Å²) in [5.74, 6) is 1.55. The van der Waals surface area contributed by atoms with Crippen molar-refractivity contribution >= 4 is 10.9 Å². The molecule has 20 heavy (non-hydrogen) atoms. The van der Waals surface area contributed by atoms with Crippen molar-refractivity contribution in [3.63, 3.8) is 0 Å². The minimum absolute atomic E-state index is 0.00597. The normalized spacial score (nSPS) is 11.1. The first-order valence-corrected chi connectivity index (χ1v) is 7.03. The van der Waals surface area contributed by atoms with Gasteiger partial charge in [-0.3, -0.25) is 4.79 Å². The van der Waals surface area contributed by atoms with Gasteiger partial charge in [0.15, 0.2) is 16.9 Å². The summed E-state index contributed by atoms with van der Waals surface area (Å²) in [4.78, 5) is 15.5. The Labute approximate surface area is 118 Å². The van der Waals surface area contributed by atoms with Crippen LogP contribution in [0.25, 0.3) is 10.9 Å². The second kappa shape index (κ2) is 5.99. The van der Waals surface area contributed by atoms with Crippen LogP contribution in [0.2, 0.25) is 0 Å². The Morgan fingerprint density at radius 3 is 2.20 bits per heavy atom. The summed E-state index contributed by atoms with van der Waals surface area (Å²) in [6.45, 7) is 9.02. The minimum Gasteiger partial charge on any atom is -0.490 e. The quantitative estimate of drug-likeness (QED) is 0.909. The van der Waals surface area contributed by atoms with Gasteiger partial charge in [-0.1, -0.05) is 13.8 Å². The summed E-state index contributed by atoms with van der Waals surface area (Å²) in [5.41, 5.74) is 1.72. The number of aromatic nitrogens is 1. The van der Waals surface area contributed by atoms with Gasteiger partial charge in [-0.05, 0) is 25.8 Å². The Morgan fingerprint density at radius 1 is 1.05 bits per heavy atom. The van der Waals surface area contributed by atoms with E-state index in [4.69, 9.17) is 9.47 Å². The number of pyridine rings is 1. The average molecular weight is 275 g/mol. The number of hydrogen-bond acceptors (Lipinski definition) is 3. The molecule has 4 heteroatoms. The van der Waals surface area contributed by atoms with Gasteiger partial charge in [-0.25, -0.2) is 0 Å². The summed E-state index contributed by atoms with van der Waals surface area (Å²) in [6, 6.07) is 5.26. The maximum absolute atomic E-state index is 12.2. The number of nitrogens with one attached hydrogen (secondary N) is 1. The van der Waals surface area contributed by atoms with Crippen molar-refractivity contribution in [1.29, 1.82) is 0 Å². The molecule has 0 fully saturated rings. The minimum atomic E-state index is 0.00597. The largest absolute Gasteiger partial charge is 0.490 e. The standard InChI is InChI=1S/C16H21NO3/c1-5-19-15-7-11-13(9-16(15)20-6-2)17-12(10(3)4)8-14(11)18/h7-10H,5-6H2,1-4H3,(H,17,18). The first-order valence-electron chi connectivity index (χ1n) is 7.03. The van der Waals surface area contributed by atoms with Crippen molar-refractivity contribution in [2.75, 3.05) is 13.2 Å². The Hall–Kier alpha value is -1.97. The second-order valence-electron chi connectivity index (χ2n) is 4.95. The molecule has 1 heterocycles. The third kappa shape index (κ3) is 2.79. The monoisotopic (exact) mass is 275 g/mol. The molecule has 108 valence electrons. The van der Waals surface area contributed by atoms with Crippen LogP contribution in [0.4, 0.5) is 0 Å². The van der Waals surface area contributed by atoms with E-state index in [-0.39, 0.29) is 11.3 Å². The van der Waals surface area contributed by atoms with Gasteiger partial charge < -0.3 is 14.5 Å². The number of ether oxygens (including phenoxy) is 2. The smallest absolute Gasteiger partial charge is 0.189 e. The number of hydrogen-bond donors (Lipinski definition) is 1. The summed E-state index contributed by atoms with van der Waals surface area (Å²) in [6.07, 6.45) is 0. The summed E-state index contributed by atoms with van der Waals surface area (Å²) >= 11 is 0. The molecular weight excluding hydrogens is 254 g/mol. The maximum atomic E-state index is 12.2. The number of H-pyrrole nitrogens is 1. The van der Waals surface area contributed by atoms with Crippen LogP contribution in [0.3, 0.4) is 0 Å². The summed E-state index contributed by atoms with van der Waals surface area (Å²) < 4.78 is 11.1. The number of rotatable bonds is 5. The Balaban J connectivity index is 2.66. The number of benzene rings is 1. The molecule has 0 aliphatic heterocycles. The van der Waals surface area contributed by atoms with E-state index in [2.05, 4.69) is 18.8 Å². The molecule has 4 nitrogen and oxygen atoms in total. The van der Waals surface area contributed by atoms with Crippen LogP contribution in [0.1, 0.15) is 39.3 Å². The molecule has 2 rings (SSSR count). The van der Waals surface area contributed by atoms with Gasteiger partial charge in [0.2, 0.25) is 0 Å². The molecule has 0 radical (unpaired) electrons. The molecule has 2 aromatic rings. The third-order valence-corrected chi connectivity index (χ3v) is 3.14. The zero-order valence-corrected chi connectivity index (χ0v) is 12.4. The van der Waals surface area contributed by atoms with E-state index in [1.54, 1.807) is 12.1 Å². The van der Waals surface area contributed by atoms with Crippen LogP contribution < -0.4 is 14.9 Å². The van der Waals surface area contributed by atoms with Crippen molar-refractivity contribution in [2.24, 2.45) is 0 Å². The van der Waals surface area contributed by atoms with E-state index in [0.29, 0.717) is 30.1 Å². The van der Waals surface area contributed by atoms with Gasteiger partial charge in [-0.2, -0.15) is 0 Å². The summed E-state index contributed by atoms with van der Waals surface area (Å²) in [5, 5.41) is 0.626. The highest BCUT2D eigenvalue weighted by atomic mass is 16.5. The molecule has 0 atom stereocenters. The van der Waals surface area contributed by atoms with Crippen LogP contribution in [-0.2, 0) is 0 Å². The lowest BCUT2D eigenvalue weighted by Crippen LogP contribution is -2.07. The lowest BCUT2D eigenvalue weighted by atomic mass is 10.1. The summed E-state index contributed by atoms with van der Waals surface area (Å²) in [7, 11) is 0. The number of fused-ring (bicyclic) bond motifs is 1. The van der Waals surface area contributed by atoms with E-state index in [9.17, 15) is 4.79 Å². The lowest BCUT2D eigenvalue weighted by molar-refractivity contribution is 0.288. The van der Waals surface area contributed by atoms with Crippen molar-refractivity contribution in [3.05, 3.63) is 34.1 Å². The lowest BCUT2D eigenvalue weighted by Gasteiger charge is -2.13. The SMILES string of the molecule is CCOc1cc2[nH]c(C(C)C)cc(=O)c2cc1OCC. The highest BCUT2D eigenvalue weighted by Crippen LogP contribution is 2.31. The third-order valence-electron chi connectivity index (χ3n) is 3.14. The molecule has 1 aromatic carbocycles. The van der Waals surface area contributed by atoms with Gasteiger partial charge in [-0.15, -0.1) is 0 Å². The predicted molar refractivity (Wildman–Crippen MR) is 81.0 cm³/mol. The van der Waals surface area contributed by atoms with Gasteiger partial charge >= 0.3 is 0 Å². The van der Waals surface area contributed by atoms with Crippen molar-refractivity contribution in [3.8, 4) is 11.5 Å². The molecule has 1 aromatic heterocycles. The maximum Gasteiger partial charge on any atom is 0.189 e. The van der Waals surface area contributed by atoms with E-state index in [1.807, 2.05) is 19.9 Å². The topological polar surface area (TPSA) is 51.3 Å². The van der Waals surface area contributed by atoms with Crippen LogP contribution in [0.5, 0.6) is 11.5 Å². The molecule has 0 aliphatic rings. The fourth-order valence-corrected chi connectivity index (χ4v) is 2.13. The van der Waals surface area contributed by atoms with Crippen molar-refractivity contribution in [1.82, 2.24) is 4.98 Å². The molecule has 0 aliphatic carbocycles. The van der Waals surface area contributed by atoms with Crippen LogP contribution >= 0.6 is 0 Å². The molecule has 0 amide bonds. The van der Waals surface area contributed by atoms with Crippen molar-refractivity contribution < 1.29 is 9.47 Å². The van der Waals surface area contributed by atoms with Crippen LogP contribution in [0.15, 0.2) is 23.0 Å². The molecule has 0 saturated carbocycles. The number of aromatic amines is 1. The first-order chi connectivity index (χ1) is 9.56. The Bertz CT molecular complexity index is 659. The molecule has 0 saturated heterocycles. The zero-order valence-electron chi connectivity index (χ0n) is 12.4. The fraction of sp³-hybridized carbons (Fsp3) is 0.438. The molecule has 0 spiro atoms. The Kier molecular flexibility index (Phi) is 4.32. The highest BCUT2D eigenvalue weighted by molar-refractivity contribution is 5.82. The van der Waals surface area contributed by atoms with Gasteiger partial charge in [0.05, 0.1) is 18.7 Å². The Morgan fingerprint density at radius 2 is 1.65 bits per heavy atom. The highest BCUT2D eigenvalue weighted by Gasteiger charge is 2.11. The van der Waals surface area contributed by atoms with Crippen molar-refractivity contribution in [2.45, 2.75) is 33.6 Å².